The highest BCUT2D eigenvalue weighted by Crippen LogP contribution is 2.40. The SMILES string of the molecule is CC(N)c1cc(F)ccc1N1CCC2CCCCC21. The predicted octanol–water partition coefficient (Wildman–Crippen LogP) is 3.61. The minimum atomic E-state index is -0.185. The van der Waals surface area contributed by atoms with Crippen LogP contribution in [-0.2, 0) is 0 Å². The average Bonchev–Trinajstić information content (AvgIpc) is 2.82. The van der Waals surface area contributed by atoms with Crippen molar-refractivity contribution in [1.82, 2.24) is 0 Å². The lowest BCUT2D eigenvalue weighted by molar-refractivity contribution is 0.342. The van der Waals surface area contributed by atoms with Gasteiger partial charge in [0.1, 0.15) is 5.82 Å². The Balaban J connectivity index is 1.93. The molecule has 104 valence electrons. The molecule has 2 N–H and O–H groups in total. The number of fused-ring (bicyclic) bond motifs is 1. The van der Waals surface area contributed by atoms with E-state index in [-0.39, 0.29) is 11.9 Å². The van der Waals surface area contributed by atoms with Crippen LogP contribution in [0, 0.1) is 11.7 Å². The van der Waals surface area contributed by atoms with Gasteiger partial charge in [-0.25, -0.2) is 4.39 Å². The second-order valence-corrected chi connectivity index (χ2v) is 6.09. The first-order valence-electron chi connectivity index (χ1n) is 7.48. The zero-order valence-corrected chi connectivity index (χ0v) is 11.6. The molecule has 1 saturated carbocycles. The average molecular weight is 262 g/mol. The molecule has 3 rings (SSSR count). The number of nitrogens with two attached hydrogens (primary N) is 1. The lowest BCUT2D eigenvalue weighted by atomic mass is 9.85. The first-order valence-corrected chi connectivity index (χ1v) is 7.48. The van der Waals surface area contributed by atoms with Crippen LogP contribution in [0.4, 0.5) is 10.1 Å². The molecular formula is C16H23FN2. The Morgan fingerprint density at radius 1 is 1.26 bits per heavy atom. The summed E-state index contributed by atoms with van der Waals surface area (Å²) in [5, 5.41) is 0. The third-order valence-corrected chi connectivity index (χ3v) is 4.80. The van der Waals surface area contributed by atoms with Crippen molar-refractivity contribution in [3.63, 3.8) is 0 Å². The predicted molar refractivity (Wildman–Crippen MR) is 76.7 cm³/mol. The largest absolute Gasteiger partial charge is 0.368 e. The van der Waals surface area contributed by atoms with E-state index >= 15 is 0 Å². The van der Waals surface area contributed by atoms with E-state index in [2.05, 4.69) is 4.90 Å². The van der Waals surface area contributed by atoms with Crippen LogP contribution in [0.25, 0.3) is 0 Å². The molecule has 1 saturated heterocycles. The molecule has 0 amide bonds. The Morgan fingerprint density at radius 3 is 2.84 bits per heavy atom. The monoisotopic (exact) mass is 262 g/mol. The number of benzene rings is 1. The number of hydrogen-bond donors (Lipinski definition) is 1. The molecule has 1 aliphatic carbocycles. The third-order valence-electron chi connectivity index (χ3n) is 4.80. The maximum atomic E-state index is 13.5. The van der Waals surface area contributed by atoms with Crippen molar-refractivity contribution >= 4 is 5.69 Å². The highest BCUT2D eigenvalue weighted by Gasteiger charge is 2.36. The van der Waals surface area contributed by atoms with Gasteiger partial charge in [0.05, 0.1) is 0 Å². The summed E-state index contributed by atoms with van der Waals surface area (Å²) in [5.74, 6) is 0.648. The van der Waals surface area contributed by atoms with Crippen LogP contribution in [0.5, 0.6) is 0 Å². The van der Waals surface area contributed by atoms with Crippen molar-refractivity contribution in [2.75, 3.05) is 11.4 Å². The Bertz CT molecular complexity index is 458. The number of hydrogen-bond acceptors (Lipinski definition) is 2. The van der Waals surface area contributed by atoms with Gasteiger partial charge in [0.2, 0.25) is 0 Å². The summed E-state index contributed by atoms with van der Waals surface area (Å²) in [4.78, 5) is 2.49. The van der Waals surface area contributed by atoms with E-state index in [0.29, 0.717) is 6.04 Å². The Morgan fingerprint density at radius 2 is 2.05 bits per heavy atom. The van der Waals surface area contributed by atoms with Gasteiger partial charge >= 0.3 is 0 Å². The standard InChI is InChI=1S/C16H23FN2/c1-11(18)14-10-13(17)6-7-16(14)19-9-8-12-4-2-3-5-15(12)19/h6-7,10-12,15H,2-5,8-9,18H2,1H3. The van der Waals surface area contributed by atoms with Gasteiger partial charge in [0, 0.05) is 24.3 Å². The number of nitrogens with zero attached hydrogens (tertiary/aromatic N) is 1. The van der Waals surface area contributed by atoms with E-state index in [1.54, 1.807) is 12.1 Å². The summed E-state index contributed by atoms with van der Waals surface area (Å²) in [7, 11) is 0. The van der Waals surface area contributed by atoms with Crippen molar-refractivity contribution in [1.29, 1.82) is 0 Å². The van der Waals surface area contributed by atoms with Crippen molar-refractivity contribution in [2.45, 2.75) is 51.1 Å². The van der Waals surface area contributed by atoms with E-state index in [4.69, 9.17) is 5.73 Å². The molecule has 1 heterocycles. The van der Waals surface area contributed by atoms with Crippen LogP contribution in [0.1, 0.15) is 50.6 Å². The van der Waals surface area contributed by atoms with Gasteiger partial charge in [0.15, 0.2) is 0 Å². The Labute approximate surface area is 114 Å². The van der Waals surface area contributed by atoms with Gasteiger partial charge in [0.25, 0.3) is 0 Å². The topological polar surface area (TPSA) is 29.3 Å². The molecule has 0 spiro atoms. The van der Waals surface area contributed by atoms with Crippen LogP contribution in [0.15, 0.2) is 18.2 Å². The van der Waals surface area contributed by atoms with Gasteiger partial charge in [-0.1, -0.05) is 12.8 Å². The summed E-state index contributed by atoms with van der Waals surface area (Å²) in [6, 6.07) is 5.63. The van der Waals surface area contributed by atoms with Crippen molar-refractivity contribution in [3.8, 4) is 0 Å². The summed E-state index contributed by atoms with van der Waals surface area (Å²) in [6.07, 6.45) is 6.61. The molecule has 3 heteroatoms. The molecule has 1 aromatic carbocycles. The summed E-state index contributed by atoms with van der Waals surface area (Å²) in [6.45, 7) is 3.04. The lowest BCUT2D eigenvalue weighted by Gasteiger charge is -2.34. The zero-order valence-electron chi connectivity index (χ0n) is 11.6. The molecule has 2 fully saturated rings. The third kappa shape index (κ3) is 2.36. The van der Waals surface area contributed by atoms with Crippen molar-refractivity contribution in [2.24, 2.45) is 11.7 Å². The summed E-state index contributed by atoms with van der Waals surface area (Å²) in [5.41, 5.74) is 8.13. The first-order chi connectivity index (χ1) is 9.16. The summed E-state index contributed by atoms with van der Waals surface area (Å²) >= 11 is 0. The van der Waals surface area contributed by atoms with E-state index in [1.165, 1.54) is 32.1 Å². The molecule has 1 aromatic rings. The van der Waals surface area contributed by atoms with Crippen LogP contribution >= 0.6 is 0 Å². The van der Waals surface area contributed by atoms with Crippen molar-refractivity contribution < 1.29 is 4.39 Å². The number of anilines is 1. The highest BCUT2D eigenvalue weighted by molar-refractivity contribution is 5.57. The lowest BCUT2D eigenvalue weighted by Crippen LogP contribution is -2.35. The second-order valence-electron chi connectivity index (χ2n) is 6.09. The normalized spacial score (nSPS) is 28.3. The fourth-order valence-electron chi connectivity index (χ4n) is 3.86. The van der Waals surface area contributed by atoms with Crippen LogP contribution in [-0.4, -0.2) is 12.6 Å². The minimum absolute atomic E-state index is 0.117. The minimum Gasteiger partial charge on any atom is -0.368 e. The smallest absolute Gasteiger partial charge is 0.123 e. The fraction of sp³-hybridized carbons (Fsp3) is 0.625. The molecule has 0 aromatic heterocycles. The van der Waals surface area contributed by atoms with Crippen LogP contribution < -0.4 is 10.6 Å². The van der Waals surface area contributed by atoms with E-state index in [1.807, 2.05) is 13.0 Å². The molecule has 2 aliphatic rings. The number of rotatable bonds is 2. The maximum Gasteiger partial charge on any atom is 0.123 e. The van der Waals surface area contributed by atoms with E-state index in [9.17, 15) is 4.39 Å². The molecule has 3 unspecified atom stereocenters. The van der Waals surface area contributed by atoms with Crippen molar-refractivity contribution in [3.05, 3.63) is 29.6 Å². The van der Waals surface area contributed by atoms with Gasteiger partial charge in [-0.3, -0.25) is 0 Å². The maximum absolute atomic E-state index is 13.5. The molecule has 0 bridgehead atoms. The highest BCUT2D eigenvalue weighted by atomic mass is 19.1. The van der Waals surface area contributed by atoms with Crippen LogP contribution in [0.2, 0.25) is 0 Å². The fourth-order valence-corrected chi connectivity index (χ4v) is 3.86. The second kappa shape index (κ2) is 5.12. The molecule has 1 aliphatic heterocycles. The Kier molecular flexibility index (Phi) is 3.48. The van der Waals surface area contributed by atoms with Crippen LogP contribution in [0.3, 0.4) is 0 Å². The quantitative estimate of drug-likeness (QED) is 0.882. The first kappa shape index (κ1) is 12.9. The van der Waals surface area contributed by atoms with E-state index in [0.717, 1.165) is 23.7 Å². The molecule has 2 nitrogen and oxygen atoms in total. The van der Waals surface area contributed by atoms with E-state index < -0.39 is 0 Å². The molecule has 19 heavy (non-hydrogen) atoms. The number of halogens is 1. The molecule has 0 radical (unpaired) electrons. The summed E-state index contributed by atoms with van der Waals surface area (Å²) < 4.78 is 13.5. The Hall–Kier alpha value is -1.09. The molecule has 3 atom stereocenters. The van der Waals surface area contributed by atoms with Gasteiger partial charge < -0.3 is 10.6 Å². The van der Waals surface area contributed by atoms with Gasteiger partial charge in [-0.15, -0.1) is 0 Å². The van der Waals surface area contributed by atoms with Gasteiger partial charge in [-0.2, -0.15) is 0 Å². The van der Waals surface area contributed by atoms with Gasteiger partial charge in [-0.05, 0) is 55.9 Å². The molecular weight excluding hydrogens is 239 g/mol. The zero-order chi connectivity index (χ0) is 13.4.